The molecule has 1 atom stereocenters. The first-order valence-corrected chi connectivity index (χ1v) is 5.85. The maximum absolute atomic E-state index is 9.62. The van der Waals surface area contributed by atoms with E-state index in [1.165, 1.54) is 0 Å². The summed E-state index contributed by atoms with van der Waals surface area (Å²) in [5.41, 5.74) is 6.13. The second-order valence-corrected chi connectivity index (χ2v) is 4.24. The van der Waals surface area contributed by atoms with E-state index in [4.69, 9.17) is 10.8 Å². The smallest absolute Gasteiger partial charge is 0.0543 e. The van der Waals surface area contributed by atoms with Gasteiger partial charge in [-0.1, -0.05) is 6.42 Å². The molecule has 0 saturated heterocycles. The molecule has 1 rings (SSSR count). The van der Waals surface area contributed by atoms with E-state index in [1.807, 2.05) is 18.3 Å². The molecule has 0 aromatic carbocycles. The SMILES string of the molecule is NCCCCC(CO)(CCO)c1ccc[nH]1. The summed E-state index contributed by atoms with van der Waals surface area (Å²) in [6, 6.07) is 3.88. The number of H-pyrrole nitrogens is 1. The maximum Gasteiger partial charge on any atom is 0.0543 e. The molecule has 0 saturated carbocycles. The molecule has 4 nitrogen and oxygen atoms in total. The molecule has 1 unspecified atom stereocenters. The summed E-state index contributed by atoms with van der Waals surface area (Å²) in [6.45, 7) is 0.812. The molecule has 1 aromatic heterocycles. The van der Waals surface area contributed by atoms with Crippen LogP contribution in [0.2, 0.25) is 0 Å². The van der Waals surface area contributed by atoms with Crippen LogP contribution in [0, 0.1) is 0 Å². The third-order valence-corrected chi connectivity index (χ3v) is 3.17. The predicted octanol–water partition coefficient (Wildman–Crippen LogP) is 0.756. The minimum atomic E-state index is -0.340. The van der Waals surface area contributed by atoms with Crippen LogP contribution in [0.5, 0.6) is 0 Å². The fourth-order valence-corrected chi connectivity index (χ4v) is 2.12. The van der Waals surface area contributed by atoms with E-state index < -0.39 is 0 Å². The van der Waals surface area contributed by atoms with Crippen molar-refractivity contribution in [3.8, 4) is 0 Å². The number of aromatic nitrogens is 1. The van der Waals surface area contributed by atoms with E-state index in [9.17, 15) is 5.11 Å². The minimum absolute atomic E-state index is 0.0542. The lowest BCUT2D eigenvalue weighted by molar-refractivity contribution is 0.139. The Morgan fingerprint density at radius 3 is 2.56 bits per heavy atom. The van der Waals surface area contributed by atoms with Crippen molar-refractivity contribution in [2.45, 2.75) is 31.1 Å². The van der Waals surface area contributed by atoms with Crippen molar-refractivity contribution in [1.82, 2.24) is 4.98 Å². The number of aliphatic hydroxyl groups excluding tert-OH is 2. The molecule has 5 N–H and O–H groups in total. The topological polar surface area (TPSA) is 82.3 Å². The molecular formula is C12H22N2O2. The van der Waals surface area contributed by atoms with Gasteiger partial charge in [0, 0.05) is 23.9 Å². The molecule has 0 aliphatic rings. The summed E-state index contributed by atoms with van der Waals surface area (Å²) in [6.07, 6.45) is 5.19. The molecule has 1 heterocycles. The summed E-state index contributed by atoms with van der Waals surface area (Å²) in [7, 11) is 0. The van der Waals surface area contributed by atoms with Gasteiger partial charge in [-0.2, -0.15) is 0 Å². The van der Waals surface area contributed by atoms with E-state index in [-0.39, 0.29) is 18.6 Å². The van der Waals surface area contributed by atoms with Crippen LogP contribution in [0.3, 0.4) is 0 Å². The number of hydrogen-bond acceptors (Lipinski definition) is 3. The molecule has 0 amide bonds. The fourth-order valence-electron chi connectivity index (χ4n) is 2.12. The summed E-state index contributed by atoms with van der Waals surface area (Å²) < 4.78 is 0. The second kappa shape index (κ2) is 6.68. The van der Waals surface area contributed by atoms with Gasteiger partial charge >= 0.3 is 0 Å². The Morgan fingerprint density at radius 1 is 1.25 bits per heavy atom. The van der Waals surface area contributed by atoms with Crippen molar-refractivity contribution < 1.29 is 10.2 Å². The standard InChI is InChI=1S/C12H22N2O2/c13-7-2-1-5-12(10-16,6-9-15)11-4-3-8-14-11/h3-4,8,14-16H,1-2,5-7,9-10,13H2. The van der Waals surface area contributed by atoms with Crippen molar-refractivity contribution in [2.24, 2.45) is 5.73 Å². The van der Waals surface area contributed by atoms with Crippen LogP contribution in [0.4, 0.5) is 0 Å². The van der Waals surface area contributed by atoms with Gasteiger partial charge < -0.3 is 20.9 Å². The van der Waals surface area contributed by atoms with E-state index >= 15 is 0 Å². The van der Waals surface area contributed by atoms with Gasteiger partial charge in [-0.15, -0.1) is 0 Å². The zero-order valence-corrected chi connectivity index (χ0v) is 9.65. The minimum Gasteiger partial charge on any atom is -0.396 e. The summed E-state index contributed by atoms with van der Waals surface area (Å²) in [4.78, 5) is 3.14. The molecule has 0 radical (unpaired) electrons. The highest BCUT2D eigenvalue weighted by atomic mass is 16.3. The molecule has 0 bridgehead atoms. The Balaban J connectivity index is 2.74. The maximum atomic E-state index is 9.62. The monoisotopic (exact) mass is 226 g/mol. The molecular weight excluding hydrogens is 204 g/mol. The number of aliphatic hydroxyl groups is 2. The first-order chi connectivity index (χ1) is 7.79. The second-order valence-electron chi connectivity index (χ2n) is 4.24. The van der Waals surface area contributed by atoms with Crippen molar-refractivity contribution in [3.05, 3.63) is 24.0 Å². The fraction of sp³-hybridized carbons (Fsp3) is 0.667. The Kier molecular flexibility index (Phi) is 5.52. The lowest BCUT2D eigenvalue weighted by atomic mass is 9.77. The third kappa shape index (κ3) is 3.07. The normalized spacial score (nSPS) is 14.9. The molecule has 0 spiro atoms. The van der Waals surface area contributed by atoms with Crippen LogP contribution in [-0.2, 0) is 5.41 Å². The molecule has 1 aromatic rings. The lowest BCUT2D eigenvalue weighted by Gasteiger charge is -2.30. The van der Waals surface area contributed by atoms with Gasteiger partial charge in [-0.3, -0.25) is 0 Å². The van der Waals surface area contributed by atoms with Gasteiger partial charge in [-0.25, -0.2) is 0 Å². The van der Waals surface area contributed by atoms with Crippen LogP contribution < -0.4 is 5.73 Å². The van der Waals surface area contributed by atoms with Gasteiger partial charge in [0.2, 0.25) is 0 Å². The first-order valence-electron chi connectivity index (χ1n) is 5.85. The Morgan fingerprint density at radius 2 is 2.06 bits per heavy atom. The summed E-state index contributed by atoms with van der Waals surface area (Å²) in [5.74, 6) is 0. The van der Waals surface area contributed by atoms with E-state index in [1.54, 1.807) is 0 Å². The van der Waals surface area contributed by atoms with Crippen LogP contribution in [0.25, 0.3) is 0 Å². The van der Waals surface area contributed by atoms with Crippen LogP contribution in [0.15, 0.2) is 18.3 Å². The van der Waals surface area contributed by atoms with Crippen molar-refractivity contribution >= 4 is 0 Å². The highest BCUT2D eigenvalue weighted by molar-refractivity contribution is 5.18. The Bertz CT molecular complexity index is 275. The van der Waals surface area contributed by atoms with Gasteiger partial charge in [-0.05, 0) is 37.9 Å². The van der Waals surface area contributed by atoms with Crippen molar-refractivity contribution in [3.63, 3.8) is 0 Å². The molecule has 0 aliphatic heterocycles. The average Bonchev–Trinajstić information content (AvgIpc) is 2.82. The number of rotatable bonds is 8. The van der Waals surface area contributed by atoms with Crippen LogP contribution in [-0.4, -0.2) is 35.0 Å². The molecule has 92 valence electrons. The number of nitrogens with two attached hydrogens (primary N) is 1. The van der Waals surface area contributed by atoms with Gasteiger partial charge in [0.15, 0.2) is 0 Å². The van der Waals surface area contributed by atoms with Crippen LogP contribution >= 0.6 is 0 Å². The van der Waals surface area contributed by atoms with Gasteiger partial charge in [0.05, 0.1) is 6.61 Å². The zero-order chi connectivity index (χ0) is 11.9. The molecule has 0 aliphatic carbocycles. The molecule has 0 fully saturated rings. The van der Waals surface area contributed by atoms with Gasteiger partial charge in [0.1, 0.15) is 0 Å². The summed E-state index contributed by atoms with van der Waals surface area (Å²) >= 11 is 0. The highest BCUT2D eigenvalue weighted by Gasteiger charge is 2.31. The van der Waals surface area contributed by atoms with Crippen LogP contribution in [0.1, 0.15) is 31.4 Å². The number of hydrogen-bond donors (Lipinski definition) is 4. The quantitative estimate of drug-likeness (QED) is 0.494. The third-order valence-electron chi connectivity index (χ3n) is 3.17. The van der Waals surface area contributed by atoms with E-state index in [2.05, 4.69) is 4.98 Å². The van der Waals surface area contributed by atoms with E-state index in [0.29, 0.717) is 13.0 Å². The zero-order valence-electron chi connectivity index (χ0n) is 9.65. The van der Waals surface area contributed by atoms with Crippen molar-refractivity contribution in [2.75, 3.05) is 19.8 Å². The molecule has 4 heteroatoms. The average molecular weight is 226 g/mol. The summed E-state index contributed by atoms with van der Waals surface area (Å²) in [5, 5.41) is 18.8. The first kappa shape index (κ1) is 13.2. The number of nitrogens with one attached hydrogen (secondary N) is 1. The lowest BCUT2D eigenvalue weighted by Crippen LogP contribution is -2.32. The number of unbranched alkanes of at least 4 members (excludes halogenated alkanes) is 1. The van der Waals surface area contributed by atoms with Gasteiger partial charge in [0.25, 0.3) is 0 Å². The largest absolute Gasteiger partial charge is 0.396 e. The number of aromatic amines is 1. The Hall–Kier alpha value is -0.840. The predicted molar refractivity (Wildman–Crippen MR) is 64.2 cm³/mol. The molecule has 16 heavy (non-hydrogen) atoms. The highest BCUT2D eigenvalue weighted by Crippen LogP contribution is 2.31. The van der Waals surface area contributed by atoms with Crippen molar-refractivity contribution in [1.29, 1.82) is 0 Å². The Labute approximate surface area is 96.5 Å². The van der Waals surface area contributed by atoms with E-state index in [0.717, 1.165) is 25.0 Å².